The van der Waals surface area contributed by atoms with Crippen LogP contribution in [0.4, 0.5) is 17.1 Å². The molecule has 2 aromatic carbocycles. The van der Waals surface area contributed by atoms with E-state index < -0.39 is 5.97 Å². The van der Waals surface area contributed by atoms with Crippen molar-refractivity contribution in [3.05, 3.63) is 53.1 Å². The molecule has 0 aliphatic heterocycles. The molecular weight excluding hydrogens is 264 g/mol. The predicted molar refractivity (Wildman–Crippen MR) is 76.9 cm³/mol. The highest BCUT2D eigenvalue weighted by Gasteiger charge is 2.12. The molecule has 19 heavy (non-hydrogen) atoms. The SMILES string of the molecule is COC(=O)c1cccc(Nc2cccc(Cl)c2)c1N. The fraction of sp³-hybridized carbons (Fsp3) is 0.0714. The van der Waals surface area contributed by atoms with E-state index in [1.807, 2.05) is 12.1 Å². The normalized spacial score (nSPS) is 10.0. The highest BCUT2D eigenvalue weighted by atomic mass is 35.5. The van der Waals surface area contributed by atoms with E-state index in [1.165, 1.54) is 7.11 Å². The molecule has 0 amide bonds. The second-order valence-corrected chi connectivity index (χ2v) is 4.33. The van der Waals surface area contributed by atoms with Crippen LogP contribution in [0.2, 0.25) is 5.02 Å². The van der Waals surface area contributed by atoms with E-state index in [2.05, 4.69) is 10.1 Å². The number of nitrogen functional groups attached to an aromatic ring is 1. The number of nitrogens with one attached hydrogen (secondary N) is 1. The molecule has 0 saturated carbocycles. The zero-order chi connectivity index (χ0) is 13.8. The summed E-state index contributed by atoms with van der Waals surface area (Å²) in [6, 6.07) is 12.4. The lowest BCUT2D eigenvalue weighted by molar-refractivity contribution is 0.0602. The second kappa shape index (κ2) is 5.63. The fourth-order valence-corrected chi connectivity index (χ4v) is 1.87. The predicted octanol–water partition coefficient (Wildman–Crippen LogP) is 3.45. The lowest BCUT2D eigenvalue weighted by Gasteiger charge is -2.12. The van der Waals surface area contributed by atoms with Crippen molar-refractivity contribution in [2.24, 2.45) is 0 Å². The van der Waals surface area contributed by atoms with Crippen LogP contribution in [-0.2, 0) is 4.74 Å². The Morgan fingerprint density at radius 2 is 2.00 bits per heavy atom. The molecule has 0 bridgehead atoms. The van der Waals surface area contributed by atoms with Crippen molar-refractivity contribution in [2.45, 2.75) is 0 Å². The number of para-hydroxylation sites is 1. The second-order valence-electron chi connectivity index (χ2n) is 3.89. The number of rotatable bonds is 3. The molecule has 5 heteroatoms. The maximum absolute atomic E-state index is 11.5. The van der Waals surface area contributed by atoms with Gasteiger partial charge in [-0.3, -0.25) is 0 Å². The molecule has 0 fully saturated rings. The standard InChI is InChI=1S/C14H13ClN2O2/c1-19-14(18)11-6-3-7-12(13(11)16)17-10-5-2-4-9(15)8-10/h2-8,17H,16H2,1H3. The molecule has 0 unspecified atom stereocenters. The van der Waals surface area contributed by atoms with Crippen LogP contribution in [0.5, 0.6) is 0 Å². The summed E-state index contributed by atoms with van der Waals surface area (Å²) in [7, 11) is 1.32. The minimum absolute atomic E-state index is 0.328. The van der Waals surface area contributed by atoms with Crippen LogP contribution in [0.25, 0.3) is 0 Å². The molecule has 0 atom stereocenters. The quantitative estimate of drug-likeness (QED) is 0.666. The van der Waals surface area contributed by atoms with Gasteiger partial charge in [0.05, 0.1) is 24.0 Å². The van der Waals surface area contributed by atoms with Gasteiger partial charge in [0, 0.05) is 10.7 Å². The minimum atomic E-state index is -0.466. The summed E-state index contributed by atoms with van der Waals surface area (Å²) in [6.45, 7) is 0. The third kappa shape index (κ3) is 2.98. The summed E-state index contributed by atoms with van der Waals surface area (Å²) >= 11 is 5.91. The maximum Gasteiger partial charge on any atom is 0.340 e. The van der Waals surface area contributed by atoms with Gasteiger partial charge in [0.1, 0.15) is 0 Å². The average molecular weight is 277 g/mol. The van der Waals surface area contributed by atoms with Crippen molar-refractivity contribution in [1.82, 2.24) is 0 Å². The lowest BCUT2D eigenvalue weighted by atomic mass is 10.1. The Labute approximate surface area is 116 Å². The highest BCUT2D eigenvalue weighted by Crippen LogP contribution is 2.27. The van der Waals surface area contributed by atoms with Crippen molar-refractivity contribution in [3.63, 3.8) is 0 Å². The Kier molecular flexibility index (Phi) is 3.92. The van der Waals surface area contributed by atoms with Gasteiger partial charge in [0.25, 0.3) is 0 Å². The molecule has 0 spiro atoms. The number of esters is 1. The van der Waals surface area contributed by atoms with E-state index in [9.17, 15) is 4.79 Å². The molecule has 0 aliphatic rings. The number of anilines is 3. The summed E-state index contributed by atoms with van der Waals surface area (Å²) in [5.41, 5.74) is 8.04. The van der Waals surface area contributed by atoms with Gasteiger partial charge in [-0.2, -0.15) is 0 Å². The van der Waals surface area contributed by atoms with Gasteiger partial charge >= 0.3 is 5.97 Å². The van der Waals surface area contributed by atoms with Crippen LogP contribution in [0.1, 0.15) is 10.4 Å². The molecule has 3 N–H and O–H groups in total. The molecule has 0 saturated heterocycles. The molecule has 98 valence electrons. The Morgan fingerprint density at radius 1 is 1.26 bits per heavy atom. The minimum Gasteiger partial charge on any atom is -0.465 e. The van der Waals surface area contributed by atoms with E-state index in [-0.39, 0.29) is 0 Å². The first-order valence-electron chi connectivity index (χ1n) is 5.61. The molecule has 0 radical (unpaired) electrons. The summed E-state index contributed by atoms with van der Waals surface area (Å²) in [6.07, 6.45) is 0. The zero-order valence-corrected chi connectivity index (χ0v) is 11.1. The lowest BCUT2D eigenvalue weighted by Crippen LogP contribution is -2.07. The average Bonchev–Trinajstić information content (AvgIpc) is 2.40. The van der Waals surface area contributed by atoms with Crippen LogP contribution in [-0.4, -0.2) is 13.1 Å². The number of methoxy groups -OCH3 is 1. The van der Waals surface area contributed by atoms with Crippen molar-refractivity contribution < 1.29 is 9.53 Å². The molecule has 0 aromatic heterocycles. The number of carbonyl (C=O) groups is 1. The van der Waals surface area contributed by atoms with Gasteiger partial charge in [-0.1, -0.05) is 23.7 Å². The first-order valence-corrected chi connectivity index (χ1v) is 5.99. The number of benzene rings is 2. The topological polar surface area (TPSA) is 64.3 Å². The third-order valence-electron chi connectivity index (χ3n) is 2.62. The first kappa shape index (κ1) is 13.2. The van der Waals surface area contributed by atoms with Gasteiger partial charge in [0.15, 0.2) is 0 Å². The van der Waals surface area contributed by atoms with Crippen molar-refractivity contribution >= 4 is 34.6 Å². The fourth-order valence-electron chi connectivity index (χ4n) is 1.68. The monoisotopic (exact) mass is 276 g/mol. The van der Waals surface area contributed by atoms with Crippen LogP contribution < -0.4 is 11.1 Å². The summed E-state index contributed by atoms with van der Waals surface area (Å²) in [5.74, 6) is -0.466. The summed E-state index contributed by atoms with van der Waals surface area (Å²) < 4.78 is 4.67. The van der Waals surface area contributed by atoms with Gasteiger partial charge in [-0.25, -0.2) is 4.79 Å². The number of hydrogen-bond donors (Lipinski definition) is 2. The molecule has 0 aliphatic carbocycles. The van der Waals surface area contributed by atoms with Crippen LogP contribution in [0.15, 0.2) is 42.5 Å². The molecular formula is C14H13ClN2O2. The highest BCUT2D eigenvalue weighted by molar-refractivity contribution is 6.30. The van der Waals surface area contributed by atoms with Crippen LogP contribution in [0, 0.1) is 0 Å². The van der Waals surface area contributed by atoms with Crippen molar-refractivity contribution in [2.75, 3.05) is 18.2 Å². The number of hydrogen-bond acceptors (Lipinski definition) is 4. The van der Waals surface area contributed by atoms with Gasteiger partial charge in [-0.05, 0) is 30.3 Å². The number of nitrogens with two attached hydrogens (primary N) is 1. The van der Waals surface area contributed by atoms with E-state index in [0.717, 1.165) is 5.69 Å². The van der Waals surface area contributed by atoms with Crippen LogP contribution in [0.3, 0.4) is 0 Å². The maximum atomic E-state index is 11.5. The van der Waals surface area contributed by atoms with E-state index >= 15 is 0 Å². The third-order valence-corrected chi connectivity index (χ3v) is 2.85. The van der Waals surface area contributed by atoms with E-state index in [1.54, 1.807) is 30.3 Å². The van der Waals surface area contributed by atoms with E-state index in [4.69, 9.17) is 17.3 Å². The largest absolute Gasteiger partial charge is 0.465 e. The van der Waals surface area contributed by atoms with E-state index in [0.29, 0.717) is 22.0 Å². The Balaban J connectivity index is 2.33. The smallest absolute Gasteiger partial charge is 0.340 e. The Bertz CT molecular complexity index is 614. The summed E-state index contributed by atoms with van der Waals surface area (Å²) in [4.78, 5) is 11.5. The molecule has 2 rings (SSSR count). The van der Waals surface area contributed by atoms with Crippen LogP contribution >= 0.6 is 11.6 Å². The number of halogens is 1. The van der Waals surface area contributed by atoms with Crippen molar-refractivity contribution in [3.8, 4) is 0 Å². The number of carbonyl (C=O) groups excluding carboxylic acids is 1. The van der Waals surface area contributed by atoms with Gasteiger partial charge < -0.3 is 15.8 Å². The Hall–Kier alpha value is -2.20. The molecule has 0 heterocycles. The first-order chi connectivity index (χ1) is 9.11. The molecule has 2 aromatic rings. The molecule has 4 nitrogen and oxygen atoms in total. The zero-order valence-electron chi connectivity index (χ0n) is 10.3. The summed E-state index contributed by atoms with van der Waals surface area (Å²) in [5, 5.41) is 3.73. The van der Waals surface area contributed by atoms with Crippen molar-refractivity contribution in [1.29, 1.82) is 0 Å². The van der Waals surface area contributed by atoms with Gasteiger partial charge in [-0.15, -0.1) is 0 Å². The number of ether oxygens (including phenoxy) is 1. The Morgan fingerprint density at radius 3 is 2.68 bits per heavy atom. The van der Waals surface area contributed by atoms with Gasteiger partial charge in [0.2, 0.25) is 0 Å².